The third-order valence-corrected chi connectivity index (χ3v) is 4.87. The fourth-order valence-electron chi connectivity index (χ4n) is 3.43. The lowest BCUT2D eigenvalue weighted by Gasteiger charge is -2.29. The average molecular weight is 402 g/mol. The van der Waals surface area contributed by atoms with Gasteiger partial charge in [-0.15, -0.1) is 0 Å². The van der Waals surface area contributed by atoms with Gasteiger partial charge in [-0.25, -0.2) is 8.78 Å². The van der Waals surface area contributed by atoms with Gasteiger partial charge in [0.2, 0.25) is 0 Å². The summed E-state index contributed by atoms with van der Waals surface area (Å²) < 4.78 is 27.5. The Kier molecular flexibility index (Phi) is 5.77. The van der Waals surface area contributed by atoms with Crippen LogP contribution < -0.4 is 16.2 Å². The van der Waals surface area contributed by atoms with Crippen LogP contribution in [-0.2, 0) is 11.8 Å². The molecule has 0 atom stereocenters. The number of nitriles is 1. The fraction of sp³-hybridized carbons (Fsp3) is 0.368. The van der Waals surface area contributed by atoms with Gasteiger partial charge in [-0.1, -0.05) is 18.9 Å². The summed E-state index contributed by atoms with van der Waals surface area (Å²) in [7, 11) is 1.44. The van der Waals surface area contributed by atoms with Crippen LogP contribution in [0.1, 0.15) is 53.7 Å². The van der Waals surface area contributed by atoms with Crippen molar-refractivity contribution in [2.24, 2.45) is 7.05 Å². The van der Waals surface area contributed by atoms with Crippen LogP contribution in [0, 0.1) is 11.3 Å². The van der Waals surface area contributed by atoms with E-state index in [2.05, 4.69) is 21.3 Å². The number of nitrogens with one attached hydrogen (secondary N) is 3. The molecule has 0 saturated heterocycles. The highest BCUT2D eigenvalue weighted by Crippen LogP contribution is 2.31. The molecule has 10 heteroatoms. The van der Waals surface area contributed by atoms with Crippen LogP contribution >= 0.6 is 0 Å². The zero-order valence-corrected chi connectivity index (χ0v) is 15.7. The lowest BCUT2D eigenvalue weighted by Crippen LogP contribution is -2.58. The van der Waals surface area contributed by atoms with Gasteiger partial charge in [-0.2, -0.15) is 10.4 Å². The summed E-state index contributed by atoms with van der Waals surface area (Å²) in [6.45, 7) is 0. The average Bonchev–Trinajstić information content (AvgIpc) is 3.33. The first-order chi connectivity index (χ1) is 13.8. The highest BCUT2D eigenvalue weighted by atomic mass is 19.3. The third-order valence-electron chi connectivity index (χ3n) is 4.87. The highest BCUT2D eigenvalue weighted by molar-refractivity contribution is 6.00. The van der Waals surface area contributed by atoms with Crippen molar-refractivity contribution >= 4 is 17.5 Å². The second-order valence-corrected chi connectivity index (χ2v) is 6.92. The smallest absolute Gasteiger partial charge is 0.282 e. The number of hydrazine groups is 1. The zero-order chi connectivity index (χ0) is 21.0. The Labute approximate surface area is 165 Å². The summed E-state index contributed by atoms with van der Waals surface area (Å²) in [5.74, 6) is -1.25. The number of anilines is 1. The van der Waals surface area contributed by atoms with Crippen LogP contribution in [0.5, 0.6) is 0 Å². The normalized spacial score (nSPS) is 15.0. The number of nitrogens with zero attached hydrogens (tertiary/aromatic N) is 3. The predicted molar refractivity (Wildman–Crippen MR) is 99.8 cm³/mol. The van der Waals surface area contributed by atoms with E-state index in [9.17, 15) is 18.4 Å². The standard InChI is InChI=1S/C19H20F2N6O2/c1-27-11-14(15(26-27)16(20)21)17(28)23-19(7-2-3-8-19)18(29)25-24-13-6-4-5-12(9-13)10-22/h4-6,9,11,16,24H,2-3,7-8H2,1H3,(H,23,28)(H,25,29). The maximum absolute atomic E-state index is 13.2. The van der Waals surface area contributed by atoms with Crippen molar-refractivity contribution in [2.45, 2.75) is 37.6 Å². The number of aromatic nitrogens is 2. The Morgan fingerprint density at radius 3 is 2.69 bits per heavy atom. The van der Waals surface area contributed by atoms with Crippen molar-refractivity contribution in [3.05, 3.63) is 47.3 Å². The van der Waals surface area contributed by atoms with Crippen LogP contribution in [0.3, 0.4) is 0 Å². The number of halogens is 2. The summed E-state index contributed by atoms with van der Waals surface area (Å²) in [6, 6.07) is 8.52. The molecule has 1 aromatic heterocycles. The minimum absolute atomic E-state index is 0.253. The molecule has 1 aliphatic carbocycles. The first-order valence-electron chi connectivity index (χ1n) is 9.05. The zero-order valence-electron chi connectivity index (χ0n) is 15.7. The molecule has 3 rings (SSSR count). The Balaban J connectivity index is 1.75. The van der Waals surface area contributed by atoms with Crippen molar-refractivity contribution < 1.29 is 18.4 Å². The summed E-state index contributed by atoms with van der Waals surface area (Å²) in [6.07, 6.45) is 0.505. The monoisotopic (exact) mass is 402 g/mol. The van der Waals surface area contributed by atoms with Gasteiger partial charge in [0.25, 0.3) is 18.2 Å². The second-order valence-electron chi connectivity index (χ2n) is 6.92. The number of alkyl halides is 2. The highest BCUT2D eigenvalue weighted by Gasteiger charge is 2.43. The van der Waals surface area contributed by atoms with Gasteiger partial charge in [0, 0.05) is 13.2 Å². The first-order valence-corrected chi connectivity index (χ1v) is 9.05. The van der Waals surface area contributed by atoms with E-state index in [0.717, 1.165) is 4.68 Å². The lowest BCUT2D eigenvalue weighted by molar-refractivity contribution is -0.126. The molecule has 1 aliphatic rings. The minimum atomic E-state index is -2.90. The molecule has 1 aromatic carbocycles. The largest absolute Gasteiger partial charge is 0.337 e. The molecule has 1 fully saturated rings. The van der Waals surface area contributed by atoms with Crippen molar-refractivity contribution in [1.29, 1.82) is 5.26 Å². The van der Waals surface area contributed by atoms with Crippen molar-refractivity contribution in [1.82, 2.24) is 20.5 Å². The van der Waals surface area contributed by atoms with Crippen LogP contribution in [0.25, 0.3) is 0 Å². The second kappa shape index (κ2) is 8.26. The number of aryl methyl sites for hydroxylation is 1. The van der Waals surface area contributed by atoms with Gasteiger partial charge in [0.05, 0.1) is 22.9 Å². The van der Waals surface area contributed by atoms with Crippen molar-refractivity contribution in [2.75, 3.05) is 5.43 Å². The van der Waals surface area contributed by atoms with E-state index in [1.807, 2.05) is 6.07 Å². The van der Waals surface area contributed by atoms with E-state index < -0.39 is 29.5 Å². The molecule has 1 saturated carbocycles. The molecule has 0 radical (unpaired) electrons. The lowest BCUT2D eigenvalue weighted by atomic mass is 9.96. The van der Waals surface area contributed by atoms with E-state index in [1.165, 1.54) is 13.2 Å². The van der Waals surface area contributed by atoms with Crippen molar-refractivity contribution in [3.63, 3.8) is 0 Å². The molecule has 3 N–H and O–H groups in total. The Hall–Kier alpha value is -3.48. The number of carbonyl (C=O) groups is 2. The van der Waals surface area contributed by atoms with E-state index in [0.29, 0.717) is 36.9 Å². The number of hydrogen-bond acceptors (Lipinski definition) is 5. The predicted octanol–water partition coefficient (Wildman–Crippen LogP) is 2.42. The fourth-order valence-corrected chi connectivity index (χ4v) is 3.43. The number of benzene rings is 1. The molecule has 0 unspecified atom stereocenters. The number of rotatable bonds is 6. The molecule has 1 heterocycles. The summed E-state index contributed by atoms with van der Waals surface area (Å²) in [5, 5.41) is 15.2. The number of amides is 2. The Bertz CT molecular complexity index is 960. The molecule has 2 amide bonds. The molecule has 0 spiro atoms. The molecule has 2 aromatic rings. The van der Waals surface area contributed by atoms with Gasteiger partial charge in [-0.05, 0) is 31.0 Å². The topological polar surface area (TPSA) is 112 Å². The molecule has 0 aliphatic heterocycles. The minimum Gasteiger partial charge on any atom is -0.337 e. The maximum atomic E-state index is 13.2. The van der Waals surface area contributed by atoms with Gasteiger partial charge in [0.1, 0.15) is 11.2 Å². The van der Waals surface area contributed by atoms with Crippen LogP contribution in [0.15, 0.2) is 30.5 Å². The molecule has 8 nitrogen and oxygen atoms in total. The Morgan fingerprint density at radius 2 is 2.03 bits per heavy atom. The van der Waals surface area contributed by atoms with Gasteiger partial charge in [-0.3, -0.25) is 25.1 Å². The molecular formula is C19H20F2N6O2. The van der Waals surface area contributed by atoms with E-state index in [4.69, 9.17) is 5.26 Å². The SMILES string of the molecule is Cn1cc(C(=O)NC2(C(=O)NNc3cccc(C#N)c3)CCCC2)c(C(F)F)n1. The van der Waals surface area contributed by atoms with Crippen molar-refractivity contribution in [3.8, 4) is 6.07 Å². The number of hydrogen-bond donors (Lipinski definition) is 3. The summed E-state index contributed by atoms with van der Waals surface area (Å²) in [5.41, 5.74) is 4.11. The van der Waals surface area contributed by atoms with E-state index in [-0.39, 0.29) is 5.56 Å². The number of carbonyl (C=O) groups excluding carboxylic acids is 2. The van der Waals surface area contributed by atoms with E-state index >= 15 is 0 Å². The van der Waals surface area contributed by atoms with Gasteiger partial charge in [0.15, 0.2) is 0 Å². The third kappa shape index (κ3) is 4.34. The van der Waals surface area contributed by atoms with E-state index in [1.54, 1.807) is 24.3 Å². The summed E-state index contributed by atoms with van der Waals surface area (Å²) in [4.78, 5) is 25.5. The van der Waals surface area contributed by atoms with Gasteiger partial charge < -0.3 is 5.32 Å². The van der Waals surface area contributed by atoms with Crippen LogP contribution in [0.4, 0.5) is 14.5 Å². The summed E-state index contributed by atoms with van der Waals surface area (Å²) >= 11 is 0. The first kappa shape index (κ1) is 20.3. The molecule has 152 valence electrons. The molecule has 29 heavy (non-hydrogen) atoms. The maximum Gasteiger partial charge on any atom is 0.282 e. The molecular weight excluding hydrogens is 382 g/mol. The van der Waals surface area contributed by atoms with Crippen LogP contribution in [-0.4, -0.2) is 27.1 Å². The van der Waals surface area contributed by atoms with Crippen LogP contribution in [0.2, 0.25) is 0 Å². The molecule has 0 bridgehead atoms. The Morgan fingerprint density at radius 1 is 1.31 bits per heavy atom. The quantitative estimate of drug-likeness (QED) is 0.643. The van der Waals surface area contributed by atoms with Gasteiger partial charge >= 0.3 is 0 Å².